The highest BCUT2D eigenvalue weighted by Gasteiger charge is 2.27. The molecule has 1 fully saturated rings. The lowest BCUT2D eigenvalue weighted by Gasteiger charge is -2.37. The van der Waals surface area contributed by atoms with E-state index in [4.69, 9.17) is 4.74 Å². The van der Waals surface area contributed by atoms with Crippen LogP contribution in [0.3, 0.4) is 0 Å². The SMILES string of the molecule is CCOC(=O)c1cnc2ccccc2c1N1CCN(C(=O)CN(CC)CC)CC1. The summed E-state index contributed by atoms with van der Waals surface area (Å²) < 4.78 is 5.26. The fraction of sp³-hybridized carbons (Fsp3) is 0.500. The van der Waals surface area contributed by atoms with Gasteiger partial charge in [-0.3, -0.25) is 14.7 Å². The lowest BCUT2D eigenvalue weighted by atomic mass is 10.1. The fourth-order valence-electron chi connectivity index (χ4n) is 3.74. The summed E-state index contributed by atoms with van der Waals surface area (Å²) >= 11 is 0. The molecule has 2 heterocycles. The largest absolute Gasteiger partial charge is 0.462 e. The van der Waals surface area contributed by atoms with Gasteiger partial charge in [0.05, 0.1) is 24.4 Å². The van der Waals surface area contributed by atoms with Gasteiger partial charge in [-0.25, -0.2) is 4.79 Å². The Bertz CT molecular complexity index is 858. The number of likely N-dealkylation sites (N-methyl/N-ethyl adjacent to an activating group) is 1. The molecule has 0 spiro atoms. The third-order valence-corrected chi connectivity index (χ3v) is 5.44. The number of benzene rings is 1. The first kappa shape index (κ1) is 21.0. The number of para-hydroxylation sites is 1. The second-order valence-corrected chi connectivity index (χ2v) is 7.09. The zero-order chi connectivity index (χ0) is 20.8. The maximum Gasteiger partial charge on any atom is 0.341 e. The lowest BCUT2D eigenvalue weighted by Crippen LogP contribution is -2.51. The Kier molecular flexibility index (Phi) is 7.04. The van der Waals surface area contributed by atoms with E-state index in [2.05, 4.69) is 28.6 Å². The molecule has 0 saturated carbocycles. The van der Waals surface area contributed by atoms with Gasteiger partial charge in [0.1, 0.15) is 5.56 Å². The topological polar surface area (TPSA) is 66.0 Å². The maximum absolute atomic E-state index is 12.6. The number of nitrogens with zero attached hydrogens (tertiary/aromatic N) is 4. The van der Waals surface area contributed by atoms with Crippen LogP contribution in [-0.4, -0.2) is 79.1 Å². The molecule has 3 rings (SSSR count). The number of aromatic nitrogens is 1. The molecule has 0 unspecified atom stereocenters. The minimum absolute atomic E-state index is 0.165. The monoisotopic (exact) mass is 398 g/mol. The van der Waals surface area contributed by atoms with Crippen LogP contribution >= 0.6 is 0 Å². The third-order valence-electron chi connectivity index (χ3n) is 5.44. The molecule has 0 N–H and O–H groups in total. The Hall–Kier alpha value is -2.67. The molecule has 1 aliphatic heterocycles. The summed E-state index contributed by atoms with van der Waals surface area (Å²) in [7, 11) is 0. The summed E-state index contributed by atoms with van der Waals surface area (Å²) in [6.07, 6.45) is 1.60. The number of esters is 1. The van der Waals surface area contributed by atoms with Gasteiger partial charge in [-0.2, -0.15) is 0 Å². The van der Waals surface area contributed by atoms with Crippen molar-refractivity contribution in [3.63, 3.8) is 0 Å². The van der Waals surface area contributed by atoms with Crippen molar-refractivity contribution in [3.05, 3.63) is 36.0 Å². The van der Waals surface area contributed by atoms with Crippen molar-refractivity contribution >= 4 is 28.5 Å². The minimum Gasteiger partial charge on any atom is -0.462 e. The number of carbonyl (C=O) groups excluding carboxylic acids is 2. The Labute approximate surface area is 172 Å². The van der Waals surface area contributed by atoms with Crippen molar-refractivity contribution in [3.8, 4) is 0 Å². The van der Waals surface area contributed by atoms with Crippen molar-refractivity contribution in [1.82, 2.24) is 14.8 Å². The number of hydrogen-bond donors (Lipinski definition) is 0. The summed E-state index contributed by atoms with van der Waals surface area (Å²) in [5.74, 6) is -0.195. The quantitative estimate of drug-likeness (QED) is 0.668. The molecule has 1 aromatic carbocycles. The van der Waals surface area contributed by atoms with Crippen LogP contribution in [-0.2, 0) is 9.53 Å². The van der Waals surface area contributed by atoms with Gasteiger partial charge in [0.25, 0.3) is 0 Å². The van der Waals surface area contributed by atoms with Crippen LogP contribution in [0.5, 0.6) is 0 Å². The number of rotatable bonds is 7. The second-order valence-electron chi connectivity index (χ2n) is 7.09. The van der Waals surface area contributed by atoms with E-state index in [0.717, 1.165) is 29.7 Å². The molecule has 1 saturated heterocycles. The van der Waals surface area contributed by atoms with E-state index in [1.54, 1.807) is 13.1 Å². The van der Waals surface area contributed by atoms with Gasteiger partial charge >= 0.3 is 5.97 Å². The molecule has 0 radical (unpaired) electrons. The van der Waals surface area contributed by atoms with E-state index in [9.17, 15) is 9.59 Å². The average Bonchev–Trinajstić information content (AvgIpc) is 2.76. The van der Waals surface area contributed by atoms with Crippen LogP contribution < -0.4 is 4.90 Å². The van der Waals surface area contributed by atoms with Crippen molar-refractivity contribution in [1.29, 1.82) is 0 Å². The number of pyridine rings is 1. The second kappa shape index (κ2) is 9.69. The van der Waals surface area contributed by atoms with Gasteiger partial charge in [0.2, 0.25) is 5.91 Å². The molecule has 2 aromatic rings. The van der Waals surface area contributed by atoms with Gasteiger partial charge in [-0.1, -0.05) is 32.0 Å². The van der Waals surface area contributed by atoms with E-state index < -0.39 is 0 Å². The molecule has 0 aliphatic carbocycles. The zero-order valence-corrected chi connectivity index (χ0v) is 17.6. The first-order valence-corrected chi connectivity index (χ1v) is 10.4. The van der Waals surface area contributed by atoms with Crippen LogP contribution in [0.2, 0.25) is 0 Å². The number of fused-ring (bicyclic) bond motifs is 1. The number of piperazine rings is 1. The highest BCUT2D eigenvalue weighted by molar-refractivity contribution is 6.05. The van der Waals surface area contributed by atoms with E-state index in [0.29, 0.717) is 44.9 Å². The van der Waals surface area contributed by atoms with Crippen LogP contribution in [0.1, 0.15) is 31.1 Å². The van der Waals surface area contributed by atoms with Crippen molar-refractivity contribution in [2.45, 2.75) is 20.8 Å². The smallest absolute Gasteiger partial charge is 0.341 e. The van der Waals surface area contributed by atoms with E-state index in [-0.39, 0.29) is 11.9 Å². The third kappa shape index (κ3) is 4.67. The first-order valence-electron chi connectivity index (χ1n) is 10.4. The van der Waals surface area contributed by atoms with Crippen molar-refractivity contribution < 1.29 is 14.3 Å². The lowest BCUT2D eigenvalue weighted by molar-refractivity contribution is -0.132. The number of hydrogen-bond acceptors (Lipinski definition) is 6. The molecule has 0 atom stereocenters. The summed E-state index contributed by atoms with van der Waals surface area (Å²) in [5.41, 5.74) is 2.17. The summed E-state index contributed by atoms with van der Waals surface area (Å²) in [6.45, 7) is 11.1. The number of carbonyl (C=O) groups is 2. The van der Waals surface area contributed by atoms with Crippen molar-refractivity contribution in [2.75, 3.05) is 57.3 Å². The standard InChI is InChI=1S/C22H30N4O3/c1-4-24(5-2)16-20(27)25-11-13-26(14-12-25)21-17-9-7-8-10-19(17)23-15-18(21)22(28)29-6-3/h7-10,15H,4-6,11-14,16H2,1-3H3. The molecule has 7 heteroatoms. The highest BCUT2D eigenvalue weighted by atomic mass is 16.5. The van der Waals surface area contributed by atoms with Gasteiger partial charge in [-0.05, 0) is 26.1 Å². The molecule has 29 heavy (non-hydrogen) atoms. The van der Waals surface area contributed by atoms with Gasteiger partial charge in [0, 0.05) is 37.8 Å². The number of amides is 1. The molecule has 0 bridgehead atoms. The minimum atomic E-state index is -0.360. The average molecular weight is 399 g/mol. The normalized spacial score (nSPS) is 14.5. The maximum atomic E-state index is 12.6. The van der Waals surface area contributed by atoms with Gasteiger partial charge in [0.15, 0.2) is 0 Å². The molecule has 1 aromatic heterocycles. The molecular weight excluding hydrogens is 368 g/mol. The van der Waals surface area contributed by atoms with Gasteiger partial charge < -0.3 is 14.5 Å². The van der Waals surface area contributed by atoms with E-state index in [1.165, 1.54) is 0 Å². The van der Waals surface area contributed by atoms with Crippen LogP contribution in [0, 0.1) is 0 Å². The molecular formula is C22H30N4O3. The molecule has 1 aliphatic rings. The van der Waals surface area contributed by atoms with E-state index in [1.807, 2.05) is 29.2 Å². The fourth-order valence-corrected chi connectivity index (χ4v) is 3.74. The zero-order valence-electron chi connectivity index (χ0n) is 17.6. The molecule has 1 amide bonds. The number of ether oxygens (including phenoxy) is 1. The van der Waals surface area contributed by atoms with Crippen LogP contribution in [0.25, 0.3) is 10.9 Å². The summed E-state index contributed by atoms with van der Waals surface area (Å²) in [4.78, 5) is 35.8. The van der Waals surface area contributed by atoms with Crippen LogP contribution in [0.4, 0.5) is 5.69 Å². The highest BCUT2D eigenvalue weighted by Crippen LogP contribution is 2.31. The molecule has 156 valence electrons. The number of anilines is 1. The Balaban J connectivity index is 1.82. The Morgan fingerprint density at radius 2 is 1.76 bits per heavy atom. The Morgan fingerprint density at radius 3 is 2.41 bits per heavy atom. The first-order chi connectivity index (χ1) is 14.1. The van der Waals surface area contributed by atoms with Crippen molar-refractivity contribution in [2.24, 2.45) is 0 Å². The summed E-state index contributed by atoms with van der Waals surface area (Å²) in [6, 6.07) is 7.81. The molecule has 7 nitrogen and oxygen atoms in total. The van der Waals surface area contributed by atoms with Gasteiger partial charge in [-0.15, -0.1) is 0 Å². The van der Waals surface area contributed by atoms with Crippen LogP contribution in [0.15, 0.2) is 30.5 Å². The predicted octanol–water partition coefficient (Wildman–Crippen LogP) is 2.40. The summed E-state index contributed by atoms with van der Waals surface area (Å²) in [5, 5.41) is 0.931. The Morgan fingerprint density at radius 1 is 1.07 bits per heavy atom. The predicted molar refractivity (Wildman–Crippen MR) is 114 cm³/mol. The van der Waals surface area contributed by atoms with E-state index >= 15 is 0 Å².